The van der Waals surface area contributed by atoms with Crippen molar-refractivity contribution in [2.45, 2.75) is 25.3 Å². The summed E-state index contributed by atoms with van der Waals surface area (Å²) in [5.41, 5.74) is 1.70. The van der Waals surface area contributed by atoms with E-state index in [0.717, 1.165) is 36.7 Å². The highest BCUT2D eigenvalue weighted by Crippen LogP contribution is 2.27. The molecule has 144 valence electrons. The van der Waals surface area contributed by atoms with Gasteiger partial charge in [-0.3, -0.25) is 9.78 Å². The molecule has 0 unspecified atom stereocenters. The van der Waals surface area contributed by atoms with Crippen LogP contribution in [0, 0.1) is 0 Å². The van der Waals surface area contributed by atoms with Crippen molar-refractivity contribution in [1.29, 1.82) is 0 Å². The third-order valence-electron chi connectivity index (χ3n) is 5.22. The average molecular weight is 376 g/mol. The molecular formula is C22H24N4O2. The van der Waals surface area contributed by atoms with E-state index in [2.05, 4.69) is 14.5 Å². The van der Waals surface area contributed by atoms with Crippen molar-refractivity contribution in [3.05, 3.63) is 78.1 Å². The van der Waals surface area contributed by atoms with E-state index in [4.69, 9.17) is 4.74 Å². The fraction of sp³-hybridized carbons (Fsp3) is 0.318. The fourth-order valence-corrected chi connectivity index (χ4v) is 3.77. The fourth-order valence-electron chi connectivity index (χ4n) is 3.77. The van der Waals surface area contributed by atoms with Gasteiger partial charge in [-0.05, 0) is 49.2 Å². The van der Waals surface area contributed by atoms with Crippen molar-refractivity contribution < 1.29 is 9.53 Å². The summed E-state index contributed by atoms with van der Waals surface area (Å²) in [6.07, 6.45) is 7.65. The van der Waals surface area contributed by atoms with Crippen molar-refractivity contribution in [3.63, 3.8) is 0 Å². The van der Waals surface area contributed by atoms with Crippen LogP contribution in [0.15, 0.2) is 61.1 Å². The first-order valence-electron chi connectivity index (χ1n) is 9.59. The summed E-state index contributed by atoms with van der Waals surface area (Å²) >= 11 is 0. The Morgan fingerprint density at radius 2 is 2.00 bits per heavy atom. The monoisotopic (exact) mass is 376 g/mol. The number of aromatic nitrogens is 3. The van der Waals surface area contributed by atoms with Crippen LogP contribution >= 0.6 is 0 Å². The predicted octanol–water partition coefficient (Wildman–Crippen LogP) is 3.35. The average Bonchev–Trinajstić information content (AvgIpc) is 3.22. The molecule has 28 heavy (non-hydrogen) atoms. The highest BCUT2D eigenvalue weighted by atomic mass is 16.5. The van der Waals surface area contributed by atoms with E-state index in [0.29, 0.717) is 18.7 Å². The minimum atomic E-state index is 0.0650. The van der Waals surface area contributed by atoms with Crippen molar-refractivity contribution >= 4 is 5.91 Å². The second-order valence-corrected chi connectivity index (χ2v) is 7.05. The van der Waals surface area contributed by atoms with Crippen LogP contribution in [0.2, 0.25) is 0 Å². The Bertz CT molecular complexity index is 921. The number of nitrogens with zero attached hydrogens (tertiary/aromatic N) is 4. The van der Waals surface area contributed by atoms with Gasteiger partial charge in [-0.25, -0.2) is 4.98 Å². The number of carbonyl (C=O) groups is 1. The van der Waals surface area contributed by atoms with E-state index in [1.807, 2.05) is 66.0 Å². The second-order valence-electron chi connectivity index (χ2n) is 7.05. The van der Waals surface area contributed by atoms with Gasteiger partial charge in [0.15, 0.2) is 0 Å². The van der Waals surface area contributed by atoms with Crippen LogP contribution in [0.5, 0.6) is 5.75 Å². The van der Waals surface area contributed by atoms with Gasteiger partial charge >= 0.3 is 0 Å². The third-order valence-corrected chi connectivity index (χ3v) is 5.22. The molecule has 0 N–H and O–H groups in total. The van der Waals surface area contributed by atoms with Crippen molar-refractivity contribution in [2.24, 2.45) is 0 Å². The zero-order chi connectivity index (χ0) is 19.3. The number of methoxy groups -OCH3 is 1. The van der Waals surface area contributed by atoms with Gasteiger partial charge in [-0.2, -0.15) is 0 Å². The van der Waals surface area contributed by atoms with Gasteiger partial charge < -0.3 is 14.2 Å². The van der Waals surface area contributed by atoms with E-state index in [1.165, 1.54) is 0 Å². The van der Waals surface area contributed by atoms with Gasteiger partial charge in [0, 0.05) is 43.2 Å². The molecule has 1 aliphatic rings. The number of benzene rings is 1. The van der Waals surface area contributed by atoms with E-state index >= 15 is 0 Å². The van der Waals surface area contributed by atoms with Gasteiger partial charge in [0.1, 0.15) is 11.6 Å². The largest absolute Gasteiger partial charge is 0.497 e. The summed E-state index contributed by atoms with van der Waals surface area (Å²) in [7, 11) is 1.62. The van der Waals surface area contributed by atoms with Gasteiger partial charge in [0.25, 0.3) is 5.91 Å². The van der Waals surface area contributed by atoms with Crippen molar-refractivity contribution in [3.8, 4) is 5.75 Å². The lowest BCUT2D eigenvalue weighted by molar-refractivity contribution is 0.0703. The Hall–Kier alpha value is -3.15. The van der Waals surface area contributed by atoms with Crippen LogP contribution in [0.25, 0.3) is 0 Å². The quantitative estimate of drug-likeness (QED) is 0.685. The lowest BCUT2D eigenvalue weighted by Gasteiger charge is -2.32. The van der Waals surface area contributed by atoms with Gasteiger partial charge in [-0.1, -0.05) is 6.07 Å². The molecule has 1 saturated heterocycles. The first kappa shape index (κ1) is 18.2. The Balaban J connectivity index is 1.48. The summed E-state index contributed by atoms with van der Waals surface area (Å²) in [4.78, 5) is 23.9. The van der Waals surface area contributed by atoms with Gasteiger partial charge in [0.05, 0.1) is 19.3 Å². The summed E-state index contributed by atoms with van der Waals surface area (Å²) in [6.45, 7) is 2.16. The summed E-state index contributed by atoms with van der Waals surface area (Å²) in [5.74, 6) is 2.08. The lowest BCUT2D eigenvalue weighted by Crippen LogP contribution is -2.39. The Kier molecular flexibility index (Phi) is 5.37. The maximum Gasteiger partial charge on any atom is 0.253 e. The van der Waals surface area contributed by atoms with Crippen LogP contribution < -0.4 is 4.74 Å². The lowest BCUT2D eigenvalue weighted by atomic mass is 9.96. The number of hydrogen-bond donors (Lipinski definition) is 0. The highest BCUT2D eigenvalue weighted by molar-refractivity contribution is 5.94. The molecule has 0 aliphatic carbocycles. The van der Waals surface area contributed by atoms with Crippen LogP contribution in [0.4, 0.5) is 0 Å². The number of amides is 1. The molecule has 4 rings (SSSR count). The molecule has 0 bridgehead atoms. The molecule has 6 nitrogen and oxygen atoms in total. The molecule has 1 amide bonds. The van der Waals surface area contributed by atoms with E-state index < -0.39 is 0 Å². The third kappa shape index (κ3) is 3.91. The Morgan fingerprint density at radius 3 is 2.75 bits per heavy atom. The minimum Gasteiger partial charge on any atom is -0.497 e. The van der Waals surface area contributed by atoms with Crippen LogP contribution in [-0.4, -0.2) is 45.5 Å². The van der Waals surface area contributed by atoms with Crippen LogP contribution in [0.1, 0.15) is 40.6 Å². The number of piperidine rings is 1. The Morgan fingerprint density at radius 1 is 1.14 bits per heavy atom. The number of rotatable bonds is 5. The first-order chi connectivity index (χ1) is 13.7. The minimum absolute atomic E-state index is 0.0650. The molecule has 1 aliphatic heterocycles. The molecular weight excluding hydrogens is 352 g/mol. The summed E-state index contributed by atoms with van der Waals surface area (Å²) in [6, 6.07) is 13.2. The number of imidazole rings is 1. The molecule has 0 saturated carbocycles. The summed E-state index contributed by atoms with van der Waals surface area (Å²) < 4.78 is 7.33. The molecule has 1 aromatic carbocycles. The van der Waals surface area contributed by atoms with Crippen molar-refractivity contribution in [2.75, 3.05) is 20.2 Å². The molecule has 3 aromatic rings. The number of carbonyl (C=O) groups excluding carboxylic acids is 1. The Labute approximate surface area is 164 Å². The molecule has 0 radical (unpaired) electrons. The smallest absolute Gasteiger partial charge is 0.253 e. The molecule has 0 spiro atoms. The number of likely N-dealkylation sites (tertiary alicyclic amines) is 1. The summed E-state index contributed by atoms with van der Waals surface area (Å²) in [5, 5.41) is 0. The maximum absolute atomic E-state index is 12.9. The topological polar surface area (TPSA) is 60.2 Å². The molecule has 1 fully saturated rings. The number of ether oxygens (including phenoxy) is 1. The second kappa shape index (κ2) is 8.25. The van der Waals surface area contributed by atoms with Crippen LogP contribution in [-0.2, 0) is 6.54 Å². The van der Waals surface area contributed by atoms with Crippen LogP contribution in [0.3, 0.4) is 0 Å². The standard InChI is InChI=1S/C22H24N4O2/c1-28-20-9-7-17(8-10-20)22(27)26-13-4-5-18(15-26)21-24-12-14-25(21)16-19-6-2-3-11-23-19/h2-3,6-12,14,18H,4-5,13,15-16H2,1H3/t18-/m1/s1. The zero-order valence-electron chi connectivity index (χ0n) is 16.0. The van der Waals surface area contributed by atoms with Gasteiger partial charge in [-0.15, -0.1) is 0 Å². The molecule has 6 heteroatoms. The van der Waals surface area contributed by atoms with E-state index in [1.54, 1.807) is 7.11 Å². The number of hydrogen-bond acceptors (Lipinski definition) is 4. The molecule has 2 aromatic heterocycles. The predicted molar refractivity (Wildman–Crippen MR) is 106 cm³/mol. The molecule has 1 atom stereocenters. The highest BCUT2D eigenvalue weighted by Gasteiger charge is 2.28. The van der Waals surface area contributed by atoms with Gasteiger partial charge in [0.2, 0.25) is 0 Å². The zero-order valence-corrected chi connectivity index (χ0v) is 16.0. The maximum atomic E-state index is 12.9. The SMILES string of the molecule is COc1ccc(C(=O)N2CCC[C@@H](c3nccn3Cc3ccccn3)C2)cc1. The first-order valence-corrected chi connectivity index (χ1v) is 9.59. The molecule has 3 heterocycles. The normalized spacial score (nSPS) is 16.8. The van der Waals surface area contributed by atoms with E-state index in [9.17, 15) is 4.79 Å². The van der Waals surface area contributed by atoms with E-state index in [-0.39, 0.29) is 11.8 Å². The number of pyridine rings is 1. The van der Waals surface area contributed by atoms with Crippen molar-refractivity contribution in [1.82, 2.24) is 19.4 Å².